The number of fused-ring (bicyclic) bond motifs is 1. The molecule has 0 aliphatic carbocycles. The summed E-state index contributed by atoms with van der Waals surface area (Å²) in [6, 6.07) is 20.2. The van der Waals surface area contributed by atoms with Crippen LogP contribution in [0.5, 0.6) is 0 Å². The van der Waals surface area contributed by atoms with E-state index in [1.54, 1.807) is 30.5 Å². The van der Waals surface area contributed by atoms with E-state index in [0.717, 1.165) is 22.2 Å². The third kappa shape index (κ3) is 4.95. The van der Waals surface area contributed by atoms with Gasteiger partial charge in [-0.2, -0.15) is 0 Å². The van der Waals surface area contributed by atoms with Crippen molar-refractivity contribution in [3.8, 4) is 0 Å². The summed E-state index contributed by atoms with van der Waals surface area (Å²) in [5.74, 6) is -0.890. The van der Waals surface area contributed by atoms with Crippen molar-refractivity contribution >= 4 is 23.0 Å². The van der Waals surface area contributed by atoms with E-state index in [-0.39, 0.29) is 6.61 Å². The average Bonchev–Trinajstić information content (AvgIpc) is 3.47. The van der Waals surface area contributed by atoms with Crippen LogP contribution in [0.1, 0.15) is 44.5 Å². The molecule has 0 saturated carbocycles. The highest BCUT2D eigenvalue weighted by molar-refractivity contribution is 5.90. The Hall–Kier alpha value is -3.97. The van der Waals surface area contributed by atoms with E-state index in [0.29, 0.717) is 17.5 Å². The molecule has 0 amide bonds. The molecule has 1 saturated heterocycles. The third-order valence-corrected chi connectivity index (χ3v) is 6.18. The lowest BCUT2D eigenvalue weighted by molar-refractivity contribution is -0.0562. The molecule has 35 heavy (non-hydrogen) atoms. The highest BCUT2D eigenvalue weighted by Gasteiger charge is 2.40. The maximum atomic E-state index is 12.8. The number of pyridine rings is 1. The van der Waals surface area contributed by atoms with Gasteiger partial charge >= 0.3 is 11.9 Å². The number of carbonyl (C=O) groups excluding carboxylic acids is 2. The number of hydrogen-bond donors (Lipinski definition) is 0. The first kappa shape index (κ1) is 22.8. The number of nitrogens with zero attached hydrogens (tertiary/aromatic N) is 2. The van der Waals surface area contributed by atoms with E-state index in [4.69, 9.17) is 14.2 Å². The van der Waals surface area contributed by atoms with Crippen LogP contribution in [0.4, 0.5) is 0 Å². The van der Waals surface area contributed by atoms with Gasteiger partial charge in [0.1, 0.15) is 30.7 Å². The molecule has 1 aliphatic heterocycles. The van der Waals surface area contributed by atoms with Gasteiger partial charge in [0, 0.05) is 24.2 Å². The summed E-state index contributed by atoms with van der Waals surface area (Å²) in [5.41, 5.74) is 3.80. The molecule has 1 aliphatic rings. The maximum absolute atomic E-state index is 12.8. The molecule has 3 atom stereocenters. The molecule has 2 aromatic carbocycles. The first-order chi connectivity index (χ1) is 17.0. The topological polar surface area (TPSA) is 79.7 Å². The van der Waals surface area contributed by atoms with Crippen molar-refractivity contribution in [1.82, 2.24) is 9.55 Å². The van der Waals surface area contributed by atoms with Crippen molar-refractivity contribution in [2.24, 2.45) is 0 Å². The van der Waals surface area contributed by atoms with E-state index in [2.05, 4.69) is 4.98 Å². The molecule has 0 spiro atoms. The lowest BCUT2D eigenvalue weighted by Crippen LogP contribution is -2.32. The van der Waals surface area contributed by atoms with Crippen LogP contribution in [0.3, 0.4) is 0 Å². The van der Waals surface area contributed by atoms with Crippen molar-refractivity contribution < 1.29 is 23.8 Å². The van der Waals surface area contributed by atoms with Gasteiger partial charge in [-0.1, -0.05) is 35.4 Å². The Morgan fingerprint density at radius 2 is 1.60 bits per heavy atom. The summed E-state index contributed by atoms with van der Waals surface area (Å²) in [7, 11) is 0. The number of carbonyl (C=O) groups is 2. The number of rotatable bonds is 6. The largest absolute Gasteiger partial charge is 0.459 e. The summed E-state index contributed by atoms with van der Waals surface area (Å²) in [6.07, 6.45) is 2.41. The van der Waals surface area contributed by atoms with Gasteiger partial charge in [0.2, 0.25) is 0 Å². The second-order valence-corrected chi connectivity index (χ2v) is 8.78. The van der Waals surface area contributed by atoms with Gasteiger partial charge in [-0.3, -0.25) is 0 Å². The number of esters is 2. The zero-order valence-corrected chi connectivity index (χ0v) is 19.6. The maximum Gasteiger partial charge on any atom is 0.338 e. The zero-order valence-electron chi connectivity index (χ0n) is 19.6. The Morgan fingerprint density at radius 1 is 0.943 bits per heavy atom. The Labute approximate surface area is 203 Å². The van der Waals surface area contributed by atoms with Gasteiger partial charge < -0.3 is 18.8 Å². The van der Waals surface area contributed by atoms with Crippen molar-refractivity contribution in [1.29, 1.82) is 0 Å². The van der Waals surface area contributed by atoms with Crippen LogP contribution in [0.2, 0.25) is 0 Å². The van der Waals surface area contributed by atoms with Crippen LogP contribution in [0.15, 0.2) is 79.1 Å². The SMILES string of the molecule is Cc1ccc(C(=O)OC[C@H]2O[C@@H](n3ccc4cccnc43)C[C@@H]2OC(=O)c2ccc(C)cc2)cc1. The summed E-state index contributed by atoms with van der Waals surface area (Å²) < 4.78 is 19.6. The summed E-state index contributed by atoms with van der Waals surface area (Å²) in [4.78, 5) is 29.9. The lowest BCUT2D eigenvalue weighted by atomic mass is 10.1. The van der Waals surface area contributed by atoms with E-state index < -0.39 is 30.4 Å². The molecule has 0 unspecified atom stereocenters. The second kappa shape index (κ2) is 9.72. The monoisotopic (exact) mass is 470 g/mol. The normalized spacial score (nSPS) is 19.5. The Bertz CT molecular complexity index is 1340. The van der Waals surface area contributed by atoms with Crippen LogP contribution >= 0.6 is 0 Å². The van der Waals surface area contributed by atoms with Gasteiger partial charge in [0.15, 0.2) is 0 Å². The Morgan fingerprint density at radius 3 is 2.29 bits per heavy atom. The predicted molar refractivity (Wildman–Crippen MR) is 130 cm³/mol. The van der Waals surface area contributed by atoms with Crippen LogP contribution in [-0.2, 0) is 14.2 Å². The first-order valence-electron chi connectivity index (χ1n) is 11.6. The molecule has 7 heteroatoms. The summed E-state index contributed by atoms with van der Waals surface area (Å²) in [5, 5.41) is 0.985. The molecule has 3 heterocycles. The van der Waals surface area contributed by atoms with Crippen LogP contribution in [0.25, 0.3) is 11.0 Å². The molecule has 178 valence electrons. The van der Waals surface area contributed by atoms with E-state index in [9.17, 15) is 9.59 Å². The number of hydrogen-bond acceptors (Lipinski definition) is 6. The van der Waals surface area contributed by atoms with Gasteiger partial charge in [-0.05, 0) is 56.3 Å². The fourth-order valence-corrected chi connectivity index (χ4v) is 4.19. The minimum absolute atomic E-state index is 0.0400. The average molecular weight is 471 g/mol. The minimum Gasteiger partial charge on any atom is -0.459 e. The molecular weight excluding hydrogens is 444 g/mol. The van der Waals surface area contributed by atoms with Crippen molar-refractivity contribution in [2.45, 2.75) is 38.7 Å². The molecule has 5 rings (SSSR count). The van der Waals surface area contributed by atoms with Gasteiger partial charge in [-0.25, -0.2) is 14.6 Å². The molecular formula is C28H26N2O5. The number of aryl methyl sites for hydroxylation is 2. The van der Waals surface area contributed by atoms with Crippen molar-refractivity contribution in [2.75, 3.05) is 6.61 Å². The van der Waals surface area contributed by atoms with Gasteiger partial charge in [-0.15, -0.1) is 0 Å². The molecule has 0 radical (unpaired) electrons. The number of benzene rings is 2. The highest BCUT2D eigenvalue weighted by Crippen LogP contribution is 2.34. The van der Waals surface area contributed by atoms with Crippen molar-refractivity contribution in [3.63, 3.8) is 0 Å². The Kier molecular flexibility index (Phi) is 6.33. The standard InChI is InChI=1S/C28H26N2O5/c1-18-5-9-21(10-6-18)27(31)33-17-24-23(35-28(32)22-11-7-19(2)8-12-22)16-25(34-24)30-15-13-20-4-3-14-29-26(20)30/h3-15,23-25H,16-17H2,1-2H3/t23-,24+,25+/m0/s1. The summed E-state index contributed by atoms with van der Waals surface area (Å²) >= 11 is 0. The van der Waals surface area contributed by atoms with E-state index >= 15 is 0 Å². The smallest absolute Gasteiger partial charge is 0.338 e. The fraction of sp³-hybridized carbons (Fsp3) is 0.250. The van der Waals surface area contributed by atoms with Crippen LogP contribution in [-0.4, -0.2) is 40.3 Å². The first-order valence-corrected chi connectivity index (χ1v) is 11.6. The van der Waals surface area contributed by atoms with Gasteiger partial charge in [0.05, 0.1) is 11.1 Å². The highest BCUT2D eigenvalue weighted by atomic mass is 16.6. The molecule has 0 N–H and O–H groups in total. The number of aromatic nitrogens is 2. The molecule has 2 aromatic heterocycles. The zero-order chi connectivity index (χ0) is 24.4. The molecule has 4 aromatic rings. The second-order valence-electron chi connectivity index (χ2n) is 8.78. The van der Waals surface area contributed by atoms with E-state index in [1.807, 2.05) is 67.1 Å². The van der Waals surface area contributed by atoms with Crippen LogP contribution in [0, 0.1) is 13.8 Å². The lowest BCUT2D eigenvalue weighted by Gasteiger charge is -2.19. The van der Waals surface area contributed by atoms with E-state index in [1.165, 1.54) is 0 Å². The predicted octanol–water partition coefficient (Wildman–Crippen LogP) is 5.02. The third-order valence-electron chi connectivity index (χ3n) is 6.18. The molecule has 1 fully saturated rings. The Balaban J connectivity index is 1.34. The fourth-order valence-electron chi connectivity index (χ4n) is 4.19. The summed E-state index contributed by atoms with van der Waals surface area (Å²) in [6.45, 7) is 3.87. The minimum atomic E-state index is -0.620. The van der Waals surface area contributed by atoms with Crippen LogP contribution < -0.4 is 0 Å². The van der Waals surface area contributed by atoms with Gasteiger partial charge in [0.25, 0.3) is 0 Å². The molecule has 0 bridgehead atoms. The van der Waals surface area contributed by atoms with Crippen molar-refractivity contribution in [3.05, 3.63) is 101 Å². The number of ether oxygens (including phenoxy) is 3. The molecule has 7 nitrogen and oxygen atoms in total. The quantitative estimate of drug-likeness (QED) is 0.368.